The number of urea groups is 1. The van der Waals surface area contributed by atoms with E-state index >= 15 is 0 Å². The van der Waals surface area contributed by atoms with Crippen molar-refractivity contribution >= 4 is 28.4 Å². The number of rotatable bonds is 9. The van der Waals surface area contributed by atoms with E-state index in [4.69, 9.17) is 9.72 Å². The Balaban J connectivity index is 1.26. The third kappa shape index (κ3) is 7.01. The summed E-state index contributed by atoms with van der Waals surface area (Å²) >= 11 is 1.47. The average molecular weight is 522 g/mol. The Hall–Kier alpha value is -3.13. The summed E-state index contributed by atoms with van der Waals surface area (Å²) in [4.78, 5) is 19.9. The van der Waals surface area contributed by atoms with Crippen molar-refractivity contribution in [1.29, 1.82) is 0 Å². The number of hydrogen-bond donors (Lipinski definition) is 2. The number of nitrogens with zero attached hydrogens (tertiary/aromatic N) is 3. The van der Waals surface area contributed by atoms with Crippen molar-refractivity contribution in [2.45, 2.75) is 58.8 Å². The summed E-state index contributed by atoms with van der Waals surface area (Å²) in [6.45, 7) is 11.2. The lowest BCUT2D eigenvalue weighted by Crippen LogP contribution is -2.40. The standard InChI is InChI=1S/C29H39N5O2S/c1-19(2)24-10-7-11-25(20(3)4)27(24)32-28(35)30-18-21-12-14-34(15-13-21)29-31-26(33-37-29)17-22-8-6-9-23(16-22)36-5/h6-11,16,19-21H,12-15,17-18H2,1-5H3,(H2,30,32,35). The number of methoxy groups -OCH3 is 1. The molecule has 7 nitrogen and oxygen atoms in total. The number of ether oxygens (including phenoxy) is 1. The third-order valence-electron chi connectivity index (χ3n) is 7.00. The van der Waals surface area contributed by atoms with Gasteiger partial charge in [0, 0.05) is 43.3 Å². The quantitative estimate of drug-likeness (QED) is 0.340. The number of carbonyl (C=O) groups excluding carboxylic acids is 1. The number of hydrogen-bond acceptors (Lipinski definition) is 6. The van der Waals surface area contributed by atoms with Crippen LogP contribution in [0.1, 0.15) is 74.9 Å². The minimum absolute atomic E-state index is 0.122. The molecule has 0 bridgehead atoms. The number of para-hydroxylation sites is 1. The van der Waals surface area contributed by atoms with Crippen LogP contribution in [-0.2, 0) is 6.42 Å². The van der Waals surface area contributed by atoms with E-state index < -0.39 is 0 Å². The van der Waals surface area contributed by atoms with Crippen molar-refractivity contribution in [3.05, 3.63) is 65.0 Å². The molecule has 2 N–H and O–H groups in total. The first kappa shape index (κ1) is 26.9. The van der Waals surface area contributed by atoms with Gasteiger partial charge in [0.15, 0.2) is 0 Å². The maximum absolute atomic E-state index is 12.8. The van der Waals surface area contributed by atoms with Crippen LogP contribution in [0, 0.1) is 5.92 Å². The SMILES string of the molecule is COc1cccc(Cc2nsc(N3CCC(CNC(=O)Nc4c(C(C)C)cccc4C(C)C)CC3)n2)c1. The smallest absolute Gasteiger partial charge is 0.319 e. The van der Waals surface area contributed by atoms with Crippen molar-refractivity contribution in [1.82, 2.24) is 14.7 Å². The zero-order chi connectivity index (χ0) is 26.4. The largest absolute Gasteiger partial charge is 0.497 e. The van der Waals surface area contributed by atoms with E-state index in [1.165, 1.54) is 22.7 Å². The molecule has 4 rings (SSSR count). The van der Waals surface area contributed by atoms with Gasteiger partial charge in [-0.05, 0) is 59.4 Å². The van der Waals surface area contributed by atoms with Gasteiger partial charge in [0.05, 0.1) is 7.11 Å². The van der Waals surface area contributed by atoms with Crippen molar-refractivity contribution in [3.63, 3.8) is 0 Å². The molecule has 0 spiro atoms. The third-order valence-corrected chi connectivity index (χ3v) is 7.82. The van der Waals surface area contributed by atoms with Crippen molar-refractivity contribution in [3.8, 4) is 5.75 Å². The summed E-state index contributed by atoms with van der Waals surface area (Å²) in [5.74, 6) is 2.83. The van der Waals surface area contributed by atoms with Crippen molar-refractivity contribution in [2.24, 2.45) is 5.92 Å². The van der Waals surface area contributed by atoms with Gasteiger partial charge in [0.1, 0.15) is 11.6 Å². The van der Waals surface area contributed by atoms with Crippen LogP contribution in [0.3, 0.4) is 0 Å². The van der Waals surface area contributed by atoms with Crippen LogP contribution in [0.25, 0.3) is 0 Å². The summed E-state index contributed by atoms with van der Waals surface area (Å²) < 4.78 is 9.90. The first-order valence-corrected chi connectivity index (χ1v) is 14.0. The van der Waals surface area contributed by atoms with E-state index in [0.717, 1.165) is 53.9 Å². The molecule has 1 fully saturated rings. The van der Waals surface area contributed by atoms with Gasteiger partial charge in [-0.2, -0.15) is 4.37 Å². The van der Waals surface area contributed by atoms with Gasteiger partial charge in [-0.15, -0.1) is 0 Å². The van der Waals surface area contributed by atoms with E-state index in [1.54, 1.807) is 7.11 Å². The lowest BCUT2D eigenvalue weighted by molar-refractivity contribution is 0.248. The van der Waals surface area contributed by atoms with Crippen LogP contribution in [-0.4, -0.2) is 42.1 Å². The summed E-state index contributed by atoms with van der Waals surface area (Å²) in [6, 6.07) is 14.2. The number of carbonyl (C=O) groups is 1. The highest BCUT2D eigenvalue weighted by molar-refractivity contribution is 7.09. The second-order valence-corrected chi connectivity index (χ2v) is 11.1. The molecule has 2 aromatic carbocycles. The Morgan fingerprint density at radius 1 is 1.08 bits per heavy atom. The highest BCUT2D eigenvalue weighted by Crippen LogP contribution is 2.32. The Labute approximate surface area is 224 Å². The summed E-state index contributed by atoms with van der Waals surface area (Å²) in [7, 11) is 1.68. The molecule has 8 heteroatoms. The summed E-state index contributed by atoms with van der Waals surface area (Å²) in [5.41, 5.74) is 4.46. The average Bonchev–Trinajstić information content (AvgIpc) is 3.36. The number of benzene rings is 2. The van der Waals surface area contributed by atoms with Crippen LogP contribution in [0.5, 0.6) is 5.75 Å². The molecule has 0 atom stereocenters. The second kappa shape index (κ2) is 12.4. The van der Waals surface area contributed by atoms with Gasteiger partial charge in [-0.25, -0.2) is 9.78 Å². The minimum Gasteiger partial charge on any atom is -0.497 e. The molecule has 37 heavy (non-hydrogen) atoms. The molecule has 198 valence electrons. The predicted molar refractivity (Wildman–Crippen MR) is 152 cm³/mol. The fourth-order valence-corrected chi connectivity index (χ4v) is 5.57. The van der Waals surface area contributed by atoms with Crippen LogP contribution >= 0.6 is 11.5 Å². The molecule has 1 aliphatic rings. The number of anilines is 2. The van der Waals surface area contributed by atoms with Gasteiger partial charge in [-0.1, -0.05) is 58.0 Å². The van der Waals surface area contributed by atoms with Crippen LogP contribution in [0.4, 0.5) is 15.6 Å². The zero-order valence-electron chi connectivity index (χ0n) is 22.6. The molecule has 1 saturated heterocycles. The van der Waals surface area contributed by atoms with Gasteiger partial charge in [0.2, 0.25) is 5.13 Å². The maximum atomic E-state index is 12.8. The fourth-order valence-electron chi connectivity index (χ4n) is 4.83. The van der Waals surface area contributed by atoms with Gasteiger partial charge in [0.25, 0.3) is 0 Å². The van der Waals surface area contributed by atoms with E-state index in [2.05, 4.69) is 71.9 Å². The van der Waals surface area contributed by atoms with E-state index in [1.807, 2.05) is 18.2 Å². The minimum atomic E-state index is -0.122. The van der Waals surface area contributed by atoms with Crippen LogP contribution in [0.2, 0.25) is 0 Å². The molecular formula is C29H39N5O2S. The number of amides is 2. The number of aromatic nitrogens is 2. The van der Waals surface area contributed by atoms with Crippen LogP contribution in [0.15, 0.2) is 42.5 Å². The lowest BCUT2D eigenvalue weighted by Gasteiger charge is -2.31. The van der Waals surface area contributed by atoms with Gasteiger partial charge >= 0.3 is 6.03 Å². The molecule has 2 amide bonds. The zero-order valence-corrected chi connectivity index (χ0v) is 23.4. The second-order valence-electron chi connectivity index (χ2n) is 10.4. The highest BCUT2D eigenvalue weighted by Gasteiger charge is 2.23. The predicted octanol–water partition coefficient (Wildman–Crippen LogP) is 6.42. The Morgan fingerprint density at radius 2 is 1.76 bits per heavy atom. The Bertz CT molecular complexity index is 1160. The fraction of sp³-hybridized carbons (Fsp3) is 0.483. The molecule has 1 aromatic heterocycles. The summed E-state index contributed by atoms with van der Waals surface area (Å²) in [6.07, 6.45) is 2.73. The molecular weight excluding hydrogens is 482 g/mol. The number of piperidine rings is 1. The van der Waals surface area contributed by atoms with Crippen LogP contribution < -0.4 is 20.3 Å². The first-order chi connectivity index (χ1) is 17.8. The van der Waals surface area contributed by atoms with E-state index in [9.17, 15) is 4.79 Å². The Morgan fingerprint density at radius 3 is 2.41 bits per heavy atom. The van der Waals surface area contributed by atoms with E-state index in [-0.39, 0.29) is 6.03 Å². The van der Waals surface area contributed by atoms with Crippen molar-refractivity contribution in [2.75, 3.05) is 37.0 Å². The molecule has 0 radical (unpaired) electrons. The van der Waals surface area contributed by atoms with E-state index in [0.29, 0.717) is 30.7 Å². The highest BCUT2D eigenvalue weighted by atomic mass is 32.1. The molecule has 0 saturated carbocycles. The molecule has 0 unspecified atom stereocenters. The summed E-state index contributed by atoms with van der Waals surface area (Å²) in [5, 5.41) is 7.27. The molecule has 3 aromatic rings. The first-order valence-electron chi connectivity index (χ1n) is 13.2. The monoisotopic (exact) mass is 521 g/mol. The maximum Gasteiger partial charge on any atom is 0.319 e. The number of nitrogens with one attached hydrogen (secondary N) is 2. The van der Waals surface area contributed by atoms with Crippen molar-refractivity contribution < 1.29 is 9.53 Å². The topological polar surface area (TPSA) is 79.4 Å². The lowest BCUT2D eigenvalue weighted by atomic mass is 9.93. The van der Waals surface area contributed by atoms with Gasteiger partial charge in [-0.3, -0.25) is 0 Å². The molecule has 2 heterocycles. The Kier molecular flexibility index (Phi) is 9.03. The normalized spacial score (nSPS) is 14.3. The molecule has 0 aliphatic carbocycles. The molecule has 1 aliphatic heterocycles. The van der Waals surface area contributed by atoms with Gasteiger partial charge < -0.3 is 20.3 Å².